The van der Waals surface area contributed by atoms with E-state index in [-0.39, 0.29) is 23.3 Å². The third-order valence-corrected chi connectivity index (χ3v) is 7.41. The lowest BCUT2D eigenvalue weighted by Gasteiger charge is -2.33. The van der Waals surface area contributed by atoms with E-state index in [1.807, 2.05) is 29.2 Å². The van der Waals surface area contributed by atoms with Gasteiger partial charge in [-0.25, -0.2) is 4.98 Å². The molecule has 0 aliphatic carbocycles. The van der Waals surface area contributed by atoms with E-state index in [1.165, 1.54) is 23.1 Å². The molecule has 1 fully saturated rings. The molecule has 0 spiro atoms. The molecule has 158 valence electrons. The number of hydrogen-bond donors (Lipinski definition) is 1. The number of nitrogens with one attached hydrogen (secondary N) is 1. The van der Waals surface area contributed by atoms with E-state index in [9.17, 15) is 9.59 Å². The normalized spacial score (nSPS) is 16.7. The van der Waals surface area contributed by atoms with Crippen LogP contribution in [0, 0.1) is 3.95 Å². The summed E-state index contributed by atoms with van der Waals surface area (Å²) < 4.78 is 8.06. The number of hydrogen-bond acceptors (Lipinski definition) is 7. The Hall–Kier alpha value is -2.17. The quantitative estimate of drug-likeness (QED) is 0.351. The number of amides is 1. The highest BCUT2D eigenvalue weighted by Gasteiger charge is 2.23. The minimum Gasteiger partial charge on any atom is -0.497 e. The number of nitrogens with zero attached hydrogens (tertiary/aromatic N) is 3. The van der Waals surface area contributed by atoms with Crippen molar-refractivity contribution < 1.29 is 9.53 Å². The molecule has 1 aromatic carbocycles. The number of carbonyl (C=O) groups is 1. The van der Waals surface area contributed by atoms with Gasteiger partial charge in [0.05, 0.1) is 18.6 Å². The van der Waals surface area contributed by atoms with Crippen LogP contribution in [0.5, 0.6) is 5.75 Å². The molecule has 1 amide bonds. The van der Waals surface area contributed by atoms with E-state index >= 15 is 0 Å². The van der Waals surface area contributed by atoms with Gasteiger partial charge in [-0.05, 0) is 50.5 Å². The molecule has 1 N–H and O–H groups in total. The number of methoxy groups -OCH3 is 1. The third-order valence-electron chi connectivity index (χ3n) is 5.19. The van der Waals surface area contributed by atoms with Gasteiger partial charge in [0.15, 0.2) is 14.8 Å². The molecule has 3 aromatic rings. The molecule has 3 heterocycles. The molecule has 1 aliphatic rings. The van der Waals surface area contributed by atoms with Crippen LogP contribution in [0.2, 0.25) is 0 Å². The van der Waals surface area contributed by atoms with Gasteiger partial charge in [-0.15, -0.1) is 0 Å². The fraction of sp³-hybridized carbons (Fsp3) is 0.400. The average Bonchev–Trinajstić information content (AvgIpc) is 3.09. The summed E-state index contributed by atoms with van der Waals surface area (Å²) in [5, 5.41) is 0.412. The summed E-state index contributed by atoms with van der Waals surface area (Å²) in [6.07, 6.45) is 3.24. The molecular weight excluding hydrogens is 440 g/mol. The Balaban J connectivity index is 1.65. The number of piperidine rings is 1. The Morgan fingerprint density at radius 3 is 3.03 bits per heavy atom. The van der Waals surface area contributed by atoms with Crippen LogP contribution in [-0.4, -0.2) is 50.8 Å². The van der Waals surface area contributed by atoms with Gasteiger partial charge in [-0.1, -0.05) is 29.2 Å². The van der Waals surface area contributed by atoms with Gasteiger partial charge in [0, 0.05) is 18.7 Å². The molecule has 2 aromatic heterocycles. The maximum Gasteiger partial charge on any atom is 0.271 e. The summed E-state index contributed by atoms with van der Waals surface area (Å²) in [5.74, 6) is 1.00. The third kappa shape index (κ3) is 4.17. The zero-order valence-corrected chi connectivity index (χ0v) is 19.2. The Labute approximate surface area is 187 Å². The van der Waals surface area contributed by atoms with Crippen molar-refractivity contribution in [3.05, 3.63) is 38.6 Å². The van der Waals surface area contributed by atoms with Crippen LogP contribution in [0.15, 0.2) is 34.2 Å². The van der Waals surface area contributed by atoms with Crippen LogP contribution in [0.25, 0.3) is 16.0 Å². The van der Waals surface area contributed by atoms with Crippen LogP contribution >= 0.6 is 35.3 Å². The standard InChI is InChI=1S/C20H22N4O3S3/c1-12-6-3-4-9-23(12)15(25)11-29-19-21-17-16(18(26)22-19)30-20(28)24(17)13-7-5-8-14(10-13)27-2/h5,7-8,10,12H,3-4,6,9,11H2,1-2H3,(H,21,22,26)/t12-/m1/s1. The molecule has 0 radical (unpaired) electrons. The van der Waals surface area contributed by atoms with Gasteiger partial charge in [0.25, 0.3) is 5.56 Å². The lowest BCUT2D eigenvalue weighted by molar-refractivity contribution is -0.131. The van der Waals surface area contributed by atoms with E-state index in [1.54, 1.807) is 11.7 Å². The predicted octanol–water partition coefficient (Wildman–Crippen LogP) is 4.01. The molecule has 1 atom stereocenters. The maximum atomic E-state index is 12.6. The van der Waals surface area contributed by atoms with Gasteiger partial charge in [-0.2, -0.15) is 0 Å². The number of aromatic nitrogens is 3. The number of carbonyl (C=O) groups excluding carboxylic acids is 1. The van der Waals surface area contributed by atoms with Crippen LogP contribution in [0.3, 0.4) is 0 Å². The predicted molar refractivity (Wildman–Crippen MR) is 123 cm³/mol. The highest BCUT2D eigenvalue weighted by Crippen LogP contribution is 2.27. The van der Waals surface area contributed by atoms with Crippen molar-refractivity contribution >= 4 is 51.6 Å². The fourth-order valence-corrected chi connectivity index (χ4v) is 5.63. The summed E-state index contributed by atoms with van der Waals surface area (Å²) in [5.41, 5.74) is 1.01. The second-order valence-electron chi connectivity index (χ2n) is 7.15. The molecule has 30 heavy (non-hydrogen) atoms. The molecular formula is C20H22N4O3S3. The van der Waals surface area contributed by atoms with E-state index in [0.29, 0.717) is 25.2 Å². The summed E-state index contributed by atoms with van der Waals surface area (Å²) in [6.45, 7) is 2.88. The Morgan fingerprint density at radius 2 is 2.27 bits per heavy atom. The van der Waals surface area contributed by atoms with Gasteiger partial charge in [0.2, 0.25) is 5.91 Å². The van der Waals surface area contributed by atoms with Crippen LogP contribution in [-0.2, 0) is 4.79 Å². The monoisotopic (exact) mass is 462 g/mol. The zero-order chi connectivity index (χ0) is 21.3. The number of aromatic amines is 1. The number of benzene rings is 1. The number of ether oxygens (including phenoxy) is 1. The minimum absolute atomic E-state index is 0.0740. The van der Waals surface area contributed by atoms with Crippen molar-refractivity contribution in [3.8, 4) is 11.4 Å². The summed E-state index contributed by atoms with van der Waals surface area (Å²) >= 11 is 7.97. The van der Waals surface area contributed by atoms with Crippen LogP contribution in [0.1, 0.15) is 26.2 Å². The van der Waals surface area contributed by atoms with Crippen molar-refractivity contribution in [2.45, 2.75) is 37.4 Å². The lowest BCUT2D eigenvalue weighted by Crippen LogP contribution is -2.43. The highest BCUT2D eigenvalue weighted by molar-refractivity contribution is 7.99. The van der Waals surface area contributed by atoms with Crippen molar-refractivity contribution in [2.75, 3.05) is 19.4 Å². The average molecular weight is 463 g/mol. The zero-order valence-electron chi connectivity index (χ0n) is 16.7. The second kappa shape index (κ2) is 8.91. The SMILES string of the molecule is COc1cccc(-n2c(=S)sc3c(=O)[nH]c(SCC(=O)N4CCCC[C@H]4C)nc32)c1. The van der Waals surface area contributed by atoms with Gasteiger partial charge >= 0.3 is 0 Å². The molecule has 4 rings (SSSR count). The number of H-pyrrole nitrogens is 1. The summed E-state index contributed by atoms with van der Waals surface area (Å²) in [6, 6.07) is 7.70. The van der Waals surface area contributed by atoms with E-state index in [4.69, 9.17) is 17.0 Å². The van der Waals surface area contributed by atoms with E-state index in [2.05, 4.69) is 16.9 Å². The first kappa shape index (κ1) is 21.1. The number of thioether (sulfide) groups is 1. The highest BCUT2D eigenvalue weighted by atomic mass is 32.2. The molecule has 1 saturated heterocycles. The molecule has 0 bridgehead atoms. The topological polar surface area (TPSA) is 80.2 Å². The summed E-state index contributed by atoms with van der Waals surface area (Å²) in [7, 11) is 1.60. The first-order valence-corrected chi connectivity index (χ1v) is 11.9. The minimum atomic E-state index is -0.251. The van der Waals surface area contributed by atoms with E-state index in [0.717, 1.165) is 31.5 Å². The smallest absolute Gasteiger partial charge is 0.271 e. The first-order valence-electron chi connectivity index (χ1n) is 9.70. The molecule has 0 unspecified atom stereocenters. The van der Waals surface area contributed by atoms with Crippen LogP contribution in [0.4, 0.5) is 0 Å². The number of thiazole rings is 1. The Bertz CT molecular complexity index is 1200. The van der Waals surface area contributed by atoms with Gasteiger partial charge in [-0.3, -0.25) is 14.2 Å². The maximum absolute atomic E-state index is 12.6. The number of likely N-dealkylation sites (tertiary alicyclic amines) is 1. The second-order valence-corrected chi connectivity index (χ2v) is 9.76. The molecule has 0 saturated carbocycles. The molecule has 7 nitrogen and oxygen atoms in total. The van der Waals surface area contributed by atoms with E-state index < -0.39 is 0 Å². The largest absolute Gasteiger partial charge is 0.497 e. The molecule has 10 heteroatoms. The Morgan fingerprint density at radius 1 is 1.43 bits per heavy atom. The van der Waals surface area contributed by atoms with Gasteiger partial charge < -0.3 is 14.6 Å². The fourth-order valence-electron chi connectivity index (χ4n) is 3.62. The van der Waals surface area contributed by atoms with Crippen molar-refractivity contribution in [1.29, 1.82) is 0 Å². The van der Waals surface area contributed by atoms with Gasteiger partial charge in [0.1, 0.15) is 10.4 Å². The van der Waals surface area contributed by atoms with Crippen molar-refractivity contribution in [1.82, 2.24) is 19.4 Å². The summed E-state index contributed by atoms with van der Waals surface area (Å²) in [4.78, 5) is 34.6. The van der Waals surface area contributed by atoms with Crippen molar-refractivity contribution in [2.24, 2.45) is 0 Å². The van der Waals surface area contributed by atoms with Crippen molar-refractivity contribution in [3.63, 3.8) is 0 Å². The van der Waals surface area contributed by atoms with Crippen LogP contribution < -0.4 is 10.3 Å². The Kier molecular flexibility index (Phi) is 6.26. The number of fused-ring (bicyclic) bond motifs is 1. The number of rotatable bonds is 5. The first-order chi connectivity index (χ1) is 14.5. The molecule has 1 aliphatic heterocycles. The lowest BCUT2D eigenvalue weighted by atomic mass is 10.0.